The molecule has 0 spiro atoms. The first-order valence-corrected chi connectivity index (χ1v) is 5.37. The van der Waals surface area contributed by atoms with Crippen molar-refractivity contribution >= 4 is 29.9 Å². The molecule has 1 rings (SSSR count). The molecule has 17 heavy (non-hydrogen) atoms. The zero-order valence-corrected chi connectivity index (χ0v) is 12.5. The highest BCUT2D eigenvalue weighted by Gasteiger charge is 1.97. The summed E-state index contributed by atoms with van der Waals surface area (Å²) in [4.78, 5) is 4.09. The van der Waals surface area contributed by atoms with E-state index in [-0.39, 0.29) is 24.0 Å². The van der Waals surface area contributed by atoms with Crippen LogP contribution in [0.4, 0.5) is 0 Å². The summed E-state index contributed by atoms with van der Waals surface area (Å²) in [5.41, 5.74) is 1.02. The van der Waals surface area contributed by atoms with Crippen molar-refractivity contribution in [3.63, 3.8) is 0 Å². The normalized spacial score (nSPS) is 10.8. The summed E-state index contributed by atoms with van der Waals surface area (Å²) in [5, 5.41) is 13.0. The molecule has 0 saturated heterocycles. The van der Waals surface area contributed by atoms with Gasteiger partial charge < -0.3 is 15.4 Å². The lowest BCUT2D eigenvalue weighted by atomic mass is 10.4. The molecule has 0 bridgehead atoms. The summed E-state index contributed by atoms with van der Waals surface area (Å²) in [5.74, 6) is 0.759. The predicted octanol–water partition coefficient (Wildman–Crippen LogP) is 0.729. The molecule has 1 aromatic heterocycles. The number of nitrogens with one attached hydrogen (secondary N) is 3. The minimum atomic E-state index is 0. The van der Waals surface area contributed by atoms with Crippen LogP contribution in [0.3, 0.4) is 0 Å². The third-order valence-corrected chi connectivity index (χ3v) is 1.97. The molecule has 0 aliphatic heterocycles. The van der Waals surface area contributed by atoms with E-state index < -0.39 is 0 Å². The fourth-order valence-electron chi connectivity index (χ4n) is 1.17. The van der Waals surface area contributed by atoms with Gasteiger partial charge in [-0.05, 0) is 13.0 Å². The smallest absolute Gasteiger partial charge is 0.191 e. The van der Waals surface area contributed by atoms with Crippen LogP contribution in [0.5, 0.6) is 0 Å². The Balaban J connectivity index is 0.00000256. The topological polar surface area (TPSA) is 74.3 Å². The molecule has 1 heterocycles. The van der Waals surface area contributed by atoms with E-state index >= 15 is 0 Å². The molecule has 0 radical (unpaired) electrons. The molecule has 0 atom stereocenters. The number of guanidine groups is 1. The van der Waals surface area contributed by atoms with Crippen molar-refractivity contribution < 1.29 is 4.74 Å². The van der Waals surface area contributed by atoms with Crippen LogP contribution < -0.4 is 10.6 Å². The molecule has 6 nitrogen and oxygen atoms in total. The van der Waals surface area contributed by atoms with E-state index in [1.807, 2.05) is 13.0 Å². The Kier molecular flexibility index (Phi) is 9.83. The van der Waals surface area contributed by atoms with Gasteiger partial charge in [0.25, 0.3) is 0 Å². The van der Waals surface area contributed by atoms with E-state index in [4.69, 9.17) is 4.74 Å². The zero-order chi connectivity index (χ0) is 11.6. The summed E-state index contributed by atoms with van der Waals surface area (Å²) >= 11 is 0. The maximum Gasteiger partial charge on any atom is 0.191 e. The van der Waals surface area contributed by atoms with Gasteiger partial charge in [0.05, 0.1) is 18.8 Å². The minimum absolute atomic E-state index is 0. The molecule has 98 valence electrons. The number of hydrogen-bond donors (Lipinski definition) is 3. The van der Waals surface area contributed by atoms with E-state index in [0.717, 1.165) is 24.8 Å². The van der Waals surface area contributed by atoms with Gasteiger partial charge in [0.15, 0.2) is 5.96 Å². The highest BCUT2D eigenvalue weighted by Crippen LogP contribution is 1.89. The Hall–Kier alpha value is -0.830. The monoisotopic (exact) mass is 353 g/mol. The Morgan fingerprint density at radius 2 is 2.35 bits per heavy atom. The Morgan fingerprint density at radius 1 is 1.53 bits per heavy atom. The van der Waals surface area contributed by atoms with E-state index in [9.17, 15) is 0 Å². The highest BCUT2D eigenvalue weighted by atomic mass is 127. The third-order valence-electron chi connectivity index (χ3n) is 1.97. The SMILES string of the molecule is CCOCCNC(=NC)NCc1ccn[nH]1.I. The fourth-order valence-corrected chi connectivity index (χ4v) is 1.17. The molecule has 3 N–H and O–H groups in total. The van der Waals surface area contributed by atoms with Crippen LogP contribution in [-0.4, -0.2) is 43.0 Å². The van der Waals surface area contributed by atoms with E-state index in [2.05, 4.69) is 25.8 Å². The van der Waals surface area contributed by atoms with Crippen molar-refractivity contribution in [1.29, 1.82) is 0 Å². The summed E-state index contributed by atoms with van der Waals surface area (Å²) in [6.07, 6.45) is 1.72. The predicted molar refractivity (Wildman–Crippen MR) is 78.7 cm³/mol. The van der Waals surface area contributed by atoms with Gasteiger partial charge in [0, 0.05) is 26.4 Å². The van der Waals surface area contributed by atoms with Crippen LogP contribution in [0.15, 0.2) is 17.3 Å². The average molecular weight is 353 g/mol. The number of ether oxygens (including phenoxy) is 1. The molecule has 0 aliphatic rings. The van der Waals surface area contributed by atoms with Gasteiger partial charge in [-0.2, -0.15) is 5.10 Å². The largest absolute Gasteiger partial charge is 0.380 e. The lowest BCUT2D eigenvalue weighted by Crippen LogP contribution is -2.38. The van der Waals surface area contributed by atoms with Crippen LogP contribution >= 0.6 is 24.0 Å². The molecule has 0 fully saturated rings. The summed E-state index contributed by atoms with van der Waals surface area (Å²) in [7, 11) is 1.74. The van der Waals surface area contributed by atoms with Crippen molar-refractivity contribution in [2.75, 3.05) is 26.8 Å². The number of aliphatic imine (C=N–C) groups is 1. The Morgan fingerprint density at radius 3 is 2.94 bits per heavy atom. The third kappa shape index (κ3) is 7.16. The zero-order valence-electron chi connectivity index (χ0n) is 10.2. The van der Waals surface area contributed by atoms with Gasteiger partial charge in [0.2, 0.25) is 0 Å². The van der Waals surface area contributed by atoms with Crippen LogP contribution in [0.25, 0.3) is 0 Å². The highest BCUT2D eigenvalue weighted by molar-refractivity contribution is 14.0. The van der Waals surface area contributed by atoms with Gasteiger partial charge in [-0.15, -0.1) is 24.0 Å². The standard InChI is InChI=1S/C10H19N5O.HI/c1-3-16-7-6-12-10(11-2)13-8-9-4-5-14-15-9;/h4-5H,3,6-8H2,1-2H3,(H,14,15)(H2,11,12,13);1H. The molecular formula is C10H20IN5O. The minimum Gasteiger partial charge on any atom is -0.380 e. The number of aromatic amines is 1. The van der Waals surface area contributed by atoms with Crippen molar-refractivity contribution in [1.82, 2.24) is 20.8 Å². The van der Waals surface area contributed by atoms with Crippen molar-refractivity contribution in [3.8, 4) is 0 Å². The number of nitrogens with zero attached hydrogens (tertiary/aromatic N) is 2. The van der Waals surface area contributed by atoms with Crippen LogP contribution in [0, 0.1) is 0 Å². The number of aromatic nitrogens is 2. The van der Waals surface area contributed by atoms with Crippen LogP contribution in [0.1, 0.15) is 12.6 Å². The van der Waals surface area contributed by atoms with E-state index in [0.29, 0.717) is 13.2 Å². The second-order valence-electron chi connectivity index (χ2n) is 3.13. The summed E-state index contributed by atoms with van der Waals surface area (Å²) in [6, 6.07) is 1.92. The van der Waals surface area contributed by atoms with E-state index in [1.54, 1.807) is 13.2 Å². The number of halogens is 1. The maximum atomic E-state index is 5.22. The molecule has 0 aliphatic carbocycles. The van der Waals surface area contributed by atoms with Crippen LogP contribution in [-0.2, 0) is 11.3 Å². The number of H-pyrrole nitrogens is 1. The molecule has 1 aromatic rings. The Bertz CT molecular complexity index is 302. The van der Waals surface area contributed by atoms with Crippen molar-refractivity contribution in [2.24, 2.45) is 4.99 Å². The fraction of sp³-hybridized carbons (Fsp3) is 0.600. The molecule has 7 heteroatoms. The lowest BCUT2D eigenvalue weighted by molar-refractivity contribution is 0.152. The van der Waals surface area contributed by atoms with Gasteiger partial charge >= 0.3 is 0 Å². The molecule has 0 unspecified atom stereocenters. The average Bonchev–Trinajstić information content (AvgIpc) is 2.81. The number of rotatable bonds is 6. The summed E-state index contributed by atoms with van der Waals surface area (Å²) < 4.78 is 5.22. The van der Waals surface area contributed by atoms with Crippen molar-refractivity contribution in [3.05, 3.63) is 18.0 Å². The van der Waals surface area contributed by atoms with Crippen molar-refractivity contribution in [2.45, 2.75) is 13.5 Å². The Labute approximate surface area is 119 Å². The second kappa shape index (κ2) is 10.3. The van der Waals surface area contributed by atoms with Gasteiger partial charge in [-0.3, -0.25) is 10.1 Å². The quantitative estimate of drug-likeness (QED) is 0.305. The lowest BCUT2D eigenvalue weighted by Gasteiger charge is -2.10. The van der Waals surface area contributed by atoms with Gasteiger partial charge in [0.1, 0.15) is 0 Å². The first kappa shape index (κ1) is 16.2. The molecule has 0 aromatic carbocycles. The number of hydrogen-bond acceptors (Lipinski definition) is 3. The first-order chi connectivity index (χ1) is 7.86. The molecule has 0 saturated carbocycles. The summed E-state index contributed by atoms with van der Waals surface area (Å²) in [6.45, 7) is 4.82. The van der Waals surface area contributed by atoms with E-state index in [1.165, 1.54) is 0 Å². The van der Waals surface area contributed by atoms with Crippen LogP contribution in [0.2, 0.25) is 0 Å². The maximum absolute atomic E-state index is 5.22. The van der Waals surface area contributed by atoms with Gasteiger partial charge in [-0.1, -0.05) is 0 Å². The first-order valence-electron chi connectivity index (χ1n) is 5.37. The van der Waals surface area contributed by atoms with Gasteiger partial charge in [-0.25, -0.2) is 0 Å². The molecular weight excluding hydrogens is 333 g/mol. The second-order valence-corrected chi connectivity index (χ2v) is 3.13. The molecule has 0 amide bonds.